The third-order valence-electron chi connectivity index (χ3n) is 7.26. The van der Waals surface area contributed by atoms with E-state index >= 15 is 0 Å². The second-order valence-electron chi connectivity index (χ2n) is 10.6. The van der Waals surface area contributed by atoms with E-state index in [2.05, 4.69) is 25.8 Å². The molecule has 0 spiro atoms. The maximum Gasteiger partial charge on any atom is 0.251 e. The van der Waals surface area contributed by atoms with E-state index in [-0.39, 0.29) is 17.9 Å². The fourth-order valence-electron chi connectivity index (χ4n) is 5.08. The summed E-state index contributed by atoms with van der Waals surface area (Å²) in [7, 11) is 3.32. The molecule has 2 aliphatic rings. The number of para-hydroxylation sites is 1. The molecule has 39 heavy (non-hydrogen) atoms. The number of amides is 2. The maximum atomic E-state index is 13.3. The summed E-state index contributed by atoms with van der Waals surface area (Å²) in [4.78, 5) is 39.2. The van der Waals surface area contributed by atoms with Crippen LogP contribution in [0.5, 0.6) is 5.75 Å². The van der Waals surface area contributed by atoms with Gasteiger partial charge in [-0.25, -0.2) is 4.98 Å². The number of methoxy groups -OCH3 is 1. The highest BCUT2D eigenvalue weighted by Crippen LogP contribution is 2.40. The summed E-state index contributed by atoms with van der Waals surface area (Å²) < 4.78 is 5.61. The van der Waals surface area contributed by atoms with Gasteiger partial charge in [0.15, 0.2) is 5.82 Å². The van der Waals surface area contributed by atoms with E-state index in [0.29, 0.717) is 41.0 Å². The molecule has 0 saturated carbocycles. The van der Waals surface area contributed by atoms with Crippen molar-refractivity contribution in [3.63, 3.8) is 0 Å². The predicted molar refractivity (Wildman–Crippen MR) is 152 cm³/mol. The zero-order chi connectivity index (χ0) is 27.6. The Kier molecular flexibility index (Phi) is 7.38. The number of ether oxygens (including phenoxy) is 1. The number of benzene rings is 2. The van der Waals surface area contributed by atoms with E-state index in [9.17, 15) is 9.59 Å². The molecule has 0 aliphatic carbocycles. The number of nitrogens with one attached hydrogen (secondary N) is 3. The molecule has 1 saturated heterocycles. The van der Waals surface area contributed by atoms with Crippen LogP contribution in [0.3, 0.4) is 0 Å². The molecular weight excluding hydrogens is 494 g/mol. The average molecular weight is 530 g/mol. The molecule has 10 nitrogen and oxygen atoms in total. The van der Waals surface area contributed by atoms with Gasteiger partial charge in [-0.2, -0.15) is 4.98 Å². The molecule has 3 aromatic rings. The van der Waals surface area contributed by atoms with Crippen LogP contribution in [-0.2, 0) is 4.79 Å². The highest BCUT2D eigenvalue weighted by molar-refractivity contribution is 6.01. The number of anilines is 5. The van der Waals surface area contributed by atoms with E-state index < -0.39 is 5.41 Å². The summed E-state index contributed by atoms with van der Waals surface area (Å²) in [5.41, 5.74) is 2.06. The molecule has 2 aromatic carbocycles. The molecule has 2 aliphatic heterocycles. The lowest BCUT2D eigenvalue weighted by Gasteiger charge is -2.29. The van der Waals surface area contributed by atoms with Crippen molar-refractivity contribution in [3.8, 4) is 5.75 Å². The normalized spacial score (nSPS) is 17.3. The van der Waals surface area contributed by atoms with Crippen LogP contribution in [0.4, 0.5) is 28.8 Å². The summed E-state index contributed by atoms with van der Waals surface area (Å²) in [5, 5.41) is 9.66. The van der Waals surface area contributed by atoms with Crippen LogP contribution in [0, 0.1) is 5.41 Å². The smallest absolute Gasteiger partial charge is 0.251 e. The van der Waals surface area contributed by atoms with Crippen LogP contribution in [0.15, 0.2) is 54.7 Å². The average Bonchev–Trinajstić information content (AvgIpc) is 3.03. The lowest BCUT2D eigenvalue weighted by Crippen LogP contribution is -2.42. The lowest BCUT2D eigenvalue weighted by atomic mass is 9.91. The van der Waals surface area contributed by atoms with Crippen molar-refractivity contribution >= 4 is 40.6 Å². The largest absolute Gasteiger partial charge is 0.495 e. The third kappa shape index (κ3) is 5.51. The molecule has 1 aromatic heterocycles. The van der Waals surface area contributed by atoms with Crippen LogP contribution < -0.4 is 30.5 Å². The number of carbonyl (C=O) groups is 2. The molecule has 5 rings (SSSR count). The van der Waals surface area contributed by atoms with Gasteiger partial charge in [-0.05, 0) is 70.1 Å². The first kappa shape index (κ1) is 26.4. The highest BCUT2D eigenvalue weighted by Gasteiger charge is 2.39. The van der Waals surface area contributed by atoms with Gasteiger partial charge in [0.1, 0.15) is 11.4 Å². The number of carbonyl (C=O) groups excluding carboxylic acids is 2. The van der Waals surface area contributed by atoms with Crippen LogP contribution in [0.25, 0.3) is 0 Å². The van der Waals surface area contributed by atoms with Gasteiger partial charge in [0.25, 0.3) is 5.91 Å². The second-order valence-corrected chi connectivity index (χ2v) is 10.6. The highest BCUT2D eigenvalue weighted by atomic mass is 16.5. The number of nitrogens with zero attached hydrogens (tertiary/aromatic N) is 4. The number of hydrogen-bond acceptors (Lipinski definition) is 8. The van der Waals surface area contributed by atoms with Gasteiger partial charge in [0.2, 0.25) is 11.9 Å². The molecule has 10 heteroatoms. The van der Waals surface area contributed by atoms with Crippen molar-refractivity contribution in [1.82, 2.24) is 20.6 Å². The van der Waals surface area contributed by atoms with Gasteiger partial charge in [-0.1, -0.05) is 18.2 Å². The van der Waals surface area contributed by atoms with Crippen LogP contribution >= 0.6 is 0 Å². The van der Waals surface area contributed by atoms with Gasteiger partial charge >= 0.3 is 0 Å². The zero-order valence-electron chi connectivity index (χ0n) is 22.8. The van der Waals surface area contributed by atoms with Gasteiger partial charge < -0.3 is 30.5 Å². The number of fused-ring (bicyclic) bond motifs is 1. The SMILES string of the molecule is COc1cc(C(=O)NC2CCNCC2)ccc1Nc1ncc2c(n1)N(c1ccccc1)CC(C)(C)C(=O)N2C. The first-order valence-corrected chi connectivity index (χ1v) is 13.2. The van der Waals surface area contributed by atoms with Crippen LogP contribution in [0.1, 0.15) is 37.0 Å². The second kappa shape index (κ2) is 10.9. The Morgan fingerprint density at radius 1 is 1.13 bits per heavy atom. The van der Waals surface area contributed by atoms with Crippen LogP contribution in [0.2, 0.25) is 0 Å². The van der Waals surface area contributed by atoms with E-state index in [1.807, 2.05) is 44.2 Å². The van der Waals surface area contributed by atoms with Gasteiger partial charge in [-0.3, -0.25) is 9.59 Å². The van der Waals surface area contributed by atoms with Gasteiger partial charge in [0, 0.05) is 30.9 Å². The molecule has 0 radical (unpaired) electrons. The first-order chi connectivity index (χ1) is 18.8. The van der Waals surface area contributed by atoms with E-state index in [1.165, 1.54) is 0 Å². The Balaban J connectivity index is 1.44. The number of aromatic nitrogens is 2. The van der Waals surface area contributed by atoms with Crippen molar-refractivity contribution in [1.29, 1.82) is 0 Å². The number of piperidine rings is 1. The van der Waals surface area contributed by atoms with Crippen molar-refractivity contribution < 1.29 is 14.3 Å². The Bertz CT molecular complexity index is 1360. The molecule has 3 heterocycles. The minimum atomic E-state index is -0.646. The topological polar surface area (TPSA) is 112 Å². The third-order valence-corrected chi connectivity index (χ3v) is 7.26. The Morgan fingerprint density at radius 2 is 1.87 bits per heavy atom. The summed E-state index contributed by atoms with van der Waals surface area (Å²) in [6, 6.07) is 15.3. The molecule has 204 valence electrons. The molecular formula is C29H35N7O3. The molecule has 0 atom stereocenters. The standard InChI is InChI=1S/C29H35N7O3/c1-29(2)18-36(21-8-6-5-7-9-21)25-23(35(3)27(29)38)17-31-28(34-25)33-22-11-10-19(16-24(22)39-4)26(37)32-20-12-14-30-15-13-20/h5-11,16-17,20,30H,12-15,18H2,1-4H3,(H,32,37)(H,31,33,34). The summed E-state index contributed by atoms with van der Waals surface area (Å²) in [5.74, 6) is 1.34. The van der Waals surface area contributed by atoms with Crippen molar-refractivity contribution in [3.05, 3.63) is 60.3 Å². The quantitative estimate of drug-likeness (QED) is 0.442. The zero-order valence-corrected chi connectivity index (χ0v) is 22.8. The monoisotopic (exact) mass is 529 g/mol. The molecule has 0 unspecified atom stereocenters. The summed E-state index contributed by atoms with van der Waals surface area (Å²) in [6.45, 7) is 6.14. The van der Waals surface area contributed by atoms with E-state index in [4.69, 9.17) is 9.72 Å². The molecule has 1 fully saturated rings. The summed E-state index contributed by atoms with van der Waals surface area (Å²) >= 11 is 0. The fourth-order valence-corrected chi connectivity index (χ4v) is 5.08. The fraction of sp³-hybridized carbons (Fsp3) is 0.379. The minimum Gasteiger partial charge on any atom is -0.495 e. The Morgan fingerprint density at radius 3 is 2.59 bits per heavy atom. The van der Waals surface area contributed by atoms with Crippen molar-refractivity contribution in [2.24, 2.45) is 5.41 Å². The minimum absolute atomic E-state index is 0.00786. The first-order valence-electron chi connectivity index (χ1n) is 13.2. The molecule has 2 amide bonds. The van der Waals surface area contributed by atoms with Crippen LogP contribution in [-0.4, -0.2) is 61.6 Å². The number of rotatable bonds is 6. The van der Waals surface area contributed by atoms with Crippen molar-refractivity contribution in [2.75, 3.05) is 48.9 Å². The Labute approximate surface area is 228 Å². The number of hydrogen-bond donors (Lipinski definition) is 3. The predicted octanol–water partition coefficient (Wildman–Crippen LogP) is 3.85. The molecule has 3 N–H and O–H groups in total. The van der Waals surface area contributed by atoms with Gasteiger partial charge in [-0.15, -0.1) is 0 Å². The molecule has 0 bridgehead atoms. The lowest BCUT2D eigenvalue weighted by molar-refractivity contribution is -0.125. The maximum absolute atomic E-state index is 13.3. The van der Waals surface area contributed by atoms with E-state index in [0.717, 1.165) is 31.6 Å². The Hall–Kier alpha value is -4.18. The summed E-state index contributed by atoms with van der Waals surface area (Å²) in [6.07, 6.45) is 3.49. The van der Waals surface area contributed by atoms with E-state index in [1.54, 1.807) is 43.5 Å². The van der Waals surface area contributed by atoms with Gasteiger partial charge in [0.05, 0.1) is 24.4 Å². The van der Waals surface area contributed by atoms with Crippen molar-refractivity contribution in [2.45, 2.75) is 32.7 Å².